The lowest BCUT2D eigenvalue weighted by atomic mass is 10.2. The van der Waals surface area contributed by atoms with Crippen molar-refractivity contribution in [3.63, 3.8) is 0 Å². The molecule has 90 valence electrons. The molecular formula is C12H25NO2. The van der Waals surface area contributed by atoms with Crippen LogP contribution in [0.15, 0.2) is 0 Å². The summed E-state index contributed by atoms with van der Waals surface area (Å²) < 4.78 is 5.09. The van der Waals surface area contributed by atoms with Gasteiger partial charge in [-0.25, -0.2) is 0 Å². The molecule has 0 aromatic heterocycles. The van der Waals surface area contributed by atoms with Crippen molar-refractivity contribution < 1.29 is 9.53 Å². The second-order valence-corrected chi connectivity index (χ2v) is 4.47. The zero-order valence-electron chi connectivity index (χ0n) is 10.5. The van der Waals surface area contributed by atoms with Crippen LogP contribution in [-0.4, -0.2) is 25.2 Å². The van der Waals surface area contributed by atoms with Gasteiger partial charge in [-0.05, 0) is 32.2 Å². The average molecular weight is 215 g/mol. The molecule has 0 fully saturated rings. The van der Waals surface area contributed by atoms with Crippen LogP contribution >= 0.6 is 0 Å². The molecule has 0 bridgehead atoms. The Hall–Kier alpha value is -0.570. The Balaban J connectivity index is 3.44. The minimum atomic E-state index is -0.0751. The van der Waals surface area contributed by atoms with Gasteiger partial charge < -0.3 is 10.1 Å². The Kier molecular flexibility index (Phi) is 8.38. The molecule has 0 aromatic carbocycles. The Morgan fingerprint density at radius 2 is 2.00 bits per heavy atom. The van der Waals surface area contributed by atoms with E-state index in [9.17, 15) is 4.79 Å². The summed E-state index contributed by atoms with van der Waals surface area (Å²) in [6, 6.07) is 0.400. The molecule has 0 aliphatic rings. The van der Waals surface area contributed by atoms with Crippen LogP contribution in [-0.2, 0) is 9.53 Å². The third kappa shape index (κ3) is 9.73. The van der Waals surface area contributed by atoms with Crippen LogP contribution in [0.4, 0.5) is 0 Å². The Morgan fingerprint density at radius 3 is 2.53 bits per heavy atom. The van der Waals surface area contributed by atoms with Gasteiger partial charge in [-0.15, -0.1) is 0 Å². The van der Waals surface area contributed by atoms with Gasteiger partial charge in [-0.2, -0.15) is 0 Å². The molecule has 0 aromatic rings. The number of hydrogen-bond donors (Lipinski definition) is 1. The van der Waals surface area contributed by atoms with Crippen LogP contribution in [0.25, 0.3) is 0 Å². The standard InChI is InChI=1S/C12H25NO2/c1-5-8-13-11(4)6-7-12(14)15-9-10(2)3/h10-11,13H,5-9H2,1-4H3. The second-order valence-electron chi connectivity index (χ2n) is 4.47. The molecule has 1 unspecified atom stereocenters. The number of hydrogen-bond acceptors (Lipinski definition) is 3. The lowest BCUT2D eigenvalue weighted by Crippen LogP contribution is -2.27. The van der Waals surface area contributed by atoms with E-state index in [2.05, 4.69) is 19.2 Å². The van der Waals surface area contributed by atoms with Gasteiger partial charge in [-0.3, -0.25) is 4.79 Å². The van der Waals surface area contributed by atoms with Crippen molar-refractivity contribution in [2.24, 2.45) is 5.92 Å². The minimum absolute atomic E-state index is 0.0751. The smallest absolute Gasteiger partial charge is 0.305 e. The van der Waals surface area contributed by atoms with Crippen LogP contribution in [0.5, 0.6) is 0 Å². The fourth-order valence-electron chi connectivity index (χ4n) is 1.16. The van der Waals surface area contributed by atoms with Gasteiger partial charge in [0.1, 0.15) is 0 Å². The van der Waals surface area contributed by atoms with Crippen molar-refractivity contribution >= 4 is 5.97 Å². The fourth-order valence-corrected chi connectivity index (χ4v) is 1.16. The highest BCUT2D eigenvalue weighted by Gasteiger charge is 2.07. The summed E-state index contributed by atoms with van der Waals surface area (Å²) >= 11 is 0. The van der Waals surface area contributed by atoms with E-state index in [1.807, 2.05) is 13.8 Å². The molecule has 0 saturated carbocycles. The van der Waals surface area contributed by atoms with Crippen molar-refractivity contribution in [3.8, 4) is 0 Å². The maximum atomic E-state index is 11.3. The van der Waals surface area contributed by atoms with E-state index in [-0.39, 0.29) is 5.97 Å². The van der Waals surface area contributed by atoms with Gasteiger partial charge in [0, 0.05) is 12.5 Å². The molecule has 0 rings (SSSR count). The normalized spacial score (nSPS) is 12.9. The second kappa shape index (κ2) is 8.72. The zero-order valence-corrected chi connectivity index (χ0v) is 10.5. The average Bonchev–Trinajstić information content (AvgIpc) is 2.20. The van der Waals surface area contributed by atoms with Gasteiger partial charge in [0.2, 0.25) is 0 Å². The van der Waals surface area contributed by atoms with Crippen molar-refractivity contribution in [2.75, 3.05) is 13.2 Å². The largest absolute Gasteiger partial charge is 0.465 e. The van der Waals surface area contributed by atoms with Gasteiger partial charge >= 0.3 is 5.97 Å². The summed E-state index contributed by atoms with van der Waals surface area (Å²) in [4.78, 5) is 11.3. The maximum Gasteiger partial charge on any atom is 0.305 e. The zero-order chi connectivity index (χ0) is 11.7. The highest BCUT2D eigenvalue weighted by molar-refractivity contribution is 5.69. The quantitative estimate of drug-likeness (QED) is 0.632. The Bertz CT molecular complexity index is 169. The lowest BCUT2D eigenvalue weighted by molar-refractivity contribution is -0.144. The Labute approximate surface area is 93.6 Å². The first kappa shape index (κ1) is 14.4. The van der Waals surface area contributed by atoms with Crippen LogP contribution in [0, 0.1) is 5.92 Å². The molecule has 15 heavy (non-hydrogen) atoms. The van der Waals surface area contributed by atoms with Gasteiger partial charge in [0.25, 0.3) is 0 Å². The number of carbonyl (C=O) groups excluding carboxylic acids is 1. The van der Waals surface area contributed by atoms with Crippen molar-refractivity contribution in [2.45, 2.75) is 53.0 Å². The van der Waals surface area contributed by atoms with Gasteiger partial charge in [-0.1, -0.05) is 20.8 Å². The summed E-state index contributed by atoms with van der Waals surface area (Å²) in [5.74, 6) is 0.346. The number of ether oxygens (including phenoxy) is 1. The first-order valence-electron chi connectivity index (χ1n) is 5.95. The lowest BCUT2D eigenvalue weighted by Gasteiger charge is -2.12. The number of carbonyl (C=O) groups is 1. The molecule has 0 amide bonds. The van der Waals surface area contributed by atoms with E-state index in [1.165, 1.54) is 0 Å². The minimum Gasteiger partial charge on any atom is -0.465 e. The molecule has 1 atom stereocenters. The van der Waals surface area contributed by atoms with Crippen molar-refractivity contribution in [1.82, 2.24) is 5.32 Å². The molecule has 0 aliphatic heterocycles. The molecular weight excluding hydrogens is 190 g/mol. The number of nitrogens with one attached hydrogen (secondary N) is 1. The summed E-state index contributed by atoms with van der Waals surface area (Å²) in [6.07, 6.45) is 2.50. The molecule has 0 radical (unpaired) electrons. The van der Waals surface area contributed by atoms with E-state index in [0.29, 0.717) is 25.0 Å². The summed E-state index contributed by atoms with van der Waals surface area (Å²) in [6.45, 7) is 9.87. The molecule has 3 heteroatoms. The summed E-state index contributed by atoms with van der Waals surface area (Å²) in [5.41, 5.74) is 0. The number of rotatable bonds is 8. The molecule has 0 spiro atoms. The monoisotopic (exact) mass is 215 g/mol. The van der Waals surface area contributed by atoms with E-state index in [0.717, 1.165) is 19.4 Å². The molecule has 1 N–H and O–H groups in total. The predicted octanol–water partition coefficient (Wildman–Crippen LogP) is 2.35. The molecule has 0 aliphatic carbocycles. The third-order valence-electron chi connectivity index (χ3n) is 2.10. The van der Waals surface area contributed by atoms with E-state index >= 15 is 0 Å². The van der Waals surface area contributed by atoms with Crippen LogP contribution in [0.1, 0.15) is 47.0 Å². The van der Waals surface area contributed by atoms with Crippen molar-refractivity contribution in [1.29, 1.82) is 0 Å². The number of esters is 1. The highest BCUT2D eigenvalue weighted by atomic mass is 16.5. The van der Waals surface area contributed by atoms with Crippen molar-refractivity contribution in [3.05, 3.63) is 0 Å². The predicted molar refractivity (Wildman–Crippen MR) is 62.8 cm³/mol. The first-order chi connectivity index (χ1) is 7.06. The Morgan fingerprint density at radius 1 is 1.33 bits per heavy atom. The third-order valence-corrected chi connectivity index (χ3v) is 2.10. The van der Waals surface area contributed by atoms with E-state index in [4.69, 9.17) is 4.74 Å². The van der Waals surface area contributed by atoms with Gasteiger partial charge in [0.15, 0.2) is 0 Å². The van der Waals surface area contributed by atoms with E-state index in [1.54, 1.807) is 0 Å². The maximum absolute atomic E-state index is 11.3. The first-order valence-corrected chi connectivity index (χ1v) is 5.95. The van der Waals surface area contributed by atoms with Crippen LogP contribution < -0.4 is 5.32 Å². The van der Waals surface area contributed by atoms with Crippen LogP contribution in [0.2, 0.25) is 0 Å². The van der Waals surface area contributed by atoms with E-state index < -0.39 is 0 Å². The van der Waals surface area contributed by atoms with Crippen LogP contribution in [0.3, 0.4) is 0 Å². The molecule has 0 saturated heterocycles. The molecule has 3 nitrogen and oxygen atoms in total. The summed E-state index contributed by atoms with van der Waals surface area (Å²) in [5, 5.41) is 3.34. The SMILES string of the molecule is CCCNC(C)CCC(=O)OCC(C)C. The van der Waals surface area contributed by atoms with Gasteiger partial charge in [0.05, 0.1) is 6.61 Å². The fraction of sp³-hybridized carbons (Fsp3) is 0.917. The molecule has 0 heterocycles. The topological polar surface area (TPSA) is 38.3 Å². The summed E-state index contributed by atoms with van der Waals surface area (Å²) in [7, 11) is 0. The highest BCUT2D eigenvalue weighted by Crippen LogP contribution is 2.01.